The summed E-state index contributed by atoms with van der Waals surface area (Å²) in [6, 6.07) is 0. The maximum absolute atomic E-state index is 11.4. The van der Waals surface area contributed by atoms with Gasteiger partial charge in [-0.25, -0.2) is 14.8 Å². The lowest BCUT2D eigenvalue weighted by Crippen LogP contribution is -2.32. The molecule has 0 aliphatic heterocycles. The maximum Gasteiger partial charge on any atom is 0.408 e. The van der Waals surface area contributed by atoms with Crippen LogP contribution in [-0.2, 0) is 17.7 Å². The topological polar surface area (TPSA) is 64.1 Å². The fourth-order valence-corrected chi connectivity index (χ4v) is 1.12. The molecule has 1 N–H and O–H groups in total. The number of carbonyl (C=O) groups excluding carboxylic acids is 1. The first kappa shape index (κ1) is 13.4. The van der Waals surface area contributed by atoms with Crippen molar-refractivity contribution in [1.82, 2.24) is 15.3 Å². The molecule has 5 heteroatoms. The van der Waals surface area contributed by atoms with E-state index in [1.807, 2.05) is 27.7 Å². The zero-order valence-electron chi connectivity index (χ0n) is 10.8. The van der Waals surface area contributed by atoms with Gasteiger partial charge in [-0.05, 0) is 32.8 Å². The van der Waals surface area contributed by atoms with E-state index in [1.54, 1.807) is 12.4 Å². The zero-order valence-corrected chi connectivity index (χ0v) is 10.8. The maximum atomic E-state index is 11.4. The second kappa shape index (κ2) is 5.61. The molecule has 0 aromatic carbocycles. The summed E-state index contributed by atoms with van der Waals surface area (Å²) >= 11 is 0. The van der Waals surface area contributed by atoms with E-state index in [-0.39, 0.29) is 6.54 Å². The average Bonchev–Trinajstić information content (AvgIpc) is 2.25. The molecule has 0 aliphatic rings. The highest BCUT2D eigenvalue weighted by atomic mass is 16.6. The van der Waals surface area contributed by atoms with Crippen LogP contribution in [0.2, 0.25) is 0 Å². The summed E-state index contributed by atoms with van der Waals surface area (Å²) in [6.45, 7) is 7.77. The Labute approximate surface area is 102 Å². The van der Waals surface area contributed by atoms with Crippen LogP contribution in [0.15, 0.2) is 12.4 Å². The highest BCUT2D eigenvalue weighted by Gasteiger charge is 2.15. The summed E-state index contributed by atoms with van der Waals surface area (Å²) in [6.07, 6.45) is 3.97. The van der Waals surface area contributed by atoms with Crippen molar-refractivity contribution >= 4 is 6.09 Å². The van der Waals surface area contributed by atoms with Crippen LogP contribution < -0.4 is 5.32 Å². The molecule has 0 spiro atoms. The van der Waals surface area contributed by atoms with Crippen LogP contribution in [0.1, 0.15) is 39.1 Å². The van der Waals surface area contributed by atoms with E-state index < -0.39 is 11.7 Å². The average molecular weight is 237 g/mol. The third-order valence-electron chi connectivity index (χ3n) is 1.96. The lowest BCUT2D eigenvalue weighted by molar-refractivity contribution is 0.0522. The molecule has 1 heterocycles. The zero-order chi connectivity index (χ0) is 12.9. The van der Waals surface area contributed by atoms with Crippen molar-refractivity contribution in [2.24, 2.45) is 0 Å². The van der Waals surface area contributed by atoms with E-state index in [2.05, 4.69) is 15.3 Å². The van der Waals surface area contributed by atoms with Crippen molar-refractivity contribution in [3.05, 3.63) is 23.8 Å². The van der Waals surface area contributed by atoms with Gasteiger partial charge in [-0.2, -0.15) is 0 Å². The Morgan fingerprint density at radius 1 is 1.35 bits per heavy atom. The van der Waals surface area contributed by atoms with Gasteiger partial charge in [0.25, 0.3) is 0 Å². The van der Waals surface area contributed by atoms with E-state index in [9.17, 15) is 4.79 Å². The molecule has 0 fully saturated rings. The molecule has 1 aromatic rings. The molecule has 17 heavy (non-hydrogen) atoms. The van der Waals surface area contributed by atoms with Crippen molar-refractivity contribution in [3.8, 4) is 0 Å². The normalized spacial score (nSPS) is 11.1. The SMILES string of the molecule is CCc1cnc(CNC(=O)OC(C)(C)C)nc1. The fraction of sp³-hybridized carbons (Fsp3) is 0.583. The highest BCUT2D eigenvalue weighted by molar-refractivity contribution is 5.67. The van der Waals surface area contributed by atoms with Crippen LogP contribution >= 0.6 is 0 Å². The number of ether oxygens (including phenoxy) is 1. The minimum Gasteiger partial charge on any atom is -0.444 e. The predicted octanol–water partition coefficient (Wildman–Crippen LogP) is 2.06. The Morgan fingerprint density at radius 2 is 1.94 bits per heavy atom. The van der Waals surface area contributed by atoms with Gasteiger partial charge in [0.1, 0.15) is 11.4 Å². The van der Waals surface area contributed by atoms with Crippen LogP contribution in [0.5, 0.6) is 0 Å². The molecule has 1 rings (SSSR count). The van der Waals surface area contributed by atoms with Crippen LogP contribution in [0.25, 0.3) is 0 Å². The van der Waals surface area contributed by atoms with Gasteiger partial charge in [0.15, 0.2) is 0 Å². The van der Waals surface area contributed by atoms with E-state index >= 15 is 0 Å². The van der Waals surface area contributed by atoms with Crippen molar-refractivity contribution in [2.45, 2.75) is 46.3 Å². The monoisotopic (exact) mass is 237 g/mol. The first-order valence-electron chi connectivity index (χ1n) is 5.67. The molecule has 94 valence electrons. The van der Waals surface area contributed by atoms with Crippen LogP contribution in [-0.4, -0.2) is 21.7 Å². The first-order valence-corrected chi connectivity index (χ1v) is 5.67. The molecular formula is C12H19N3O2. The lowest BCUT2D eigenvalue weighted by atomic mass is 10.2. The van der Waals surface area contributed by atoms with Crippen molar-refractivity contribution in [1.29, 1.82) is 0 Å². The van der Waals surface area contributed by atoms with Gasteiger partial charge < -0.3 is 10.1 Å². The Balaban J connectivity index is 2.42. The fourth-order valence-electron chi connectivity index (χ4n) is 1.12. The van der Waals surface area contributed by atoms with Gasteiger partial charge in [0.2, 0.25) is 0 Å². The number of hydrogen-bond acceptors (Lipinski definition) is 4. The van der Waals surface area contributed by atoms with E-state index in [4.69, 9.17) is 4.74 Å². The molecule has 1 amide bonds. The second-order valence-electron chi connectivity index (χ2n) is 4.72. The molecule has 5 nitrogen and oxygen atoms in total. The third-order valence-corrected chi connectivity index (χ3v) is 1.96. The van der Waals surface area contributed by atoms with Crippen molar-refractivity contribution in [3.63, 3.8) is 0 Å². The van der Waals surface area contributed by atoms with Gasteiger partial charge in [-0.15, -0.1) is 0 Å². The molecule has 0 saturated heterocycles. The summed E-state index contributed by atoms with van der Waals surface area (Å²) in [4.78, 5) is 19.6. The molecular weight excluding hydrogens is 218 g/mol. The van der Waals surface area contributed by atoms with Gasteiger partial charge in [0, 0.05) is 12.4 Å². The highest BCUT2D eigenvalue weighted by Crippen LogP contribution is 2.06. The molecule has 0 bridgehead atoms. The van der Waals surface area contributed by atoms with Crippen molar-refractivity contribution < 1.29 is 9.53 Å². The van der Waals surface area contributed by atoms with Gasteiger partial charge in [0.05, 0.1) is 6.54 Å². The molecule has 0 atom stereocenters. The number of alkyl carbamates (subject to hydrolysis) is 1. The van der Waals surface area contributed by atoms with Crippen LogP contribution in [0.3, 0.4) is 0 Å². The third kappa shape index (κ3) is 5.29. The van der Waals surface area contributed by atoms with Gasteiger partial charge in [-0.3, -0.25) is 0 Å². The summed E-state index contributed by atoms with van der Waals surface area (Å²) < 4.78 is 5.10. The van der Waals surface area contributed by atoms with Crippen LogP contribution in [0.4, 0.5) is 4.79 Å². The smallest absolute Gasteiger partial charge is 0.408 e. The lowest BCUT2D eigenvalue weighted by Gasteiger charge is -2.19. The number of hydrogen-bond donors (Lipinski definition) is 1. The van der Waals surface area contributed by atoms with Gasteiger partial charge in [-0.1, -0.05) is 6.92 Å². The number of rotatable bonds is 3. The summed E-state index contributed by atoms with van der Waals surface area (Å²) in [5.74, 6) is 0.577. The summed E-state index contributed by atoms with van der Waals surface area (Å²) in [5.41, 5.74) is 0.586. The Bertz CT molecular complexity index is 368. The standard InChI is InChI=1S/C12H19N3O2/c1-5-9-6-13-10(14-7-9)8-15-11(16)17-12(2,3)4/h6-7H,5,8H2,1-4H3,(H,15,16). The number of aryl methyl sites for hydroxylation is 1. The predicted molar refractivity (Wildman–Crippen MR) is 64.5 cm³/mol. The number of aromatic nitrogens is 2. The Hall–Kier alpha value is -1.65. The Morgan fingerprint density at radius 3 is 2.41 bits per heavy atom. The summed E-state index contributed by atoms with van der Waals surface area (Å²) in [7, 11) is 0. The largest absolute Gasteiger partial charge is 0.444 e. The minimum atomic E-state index is -0.489. The number of carbonyl (C=O) groups is 1. The summed E-state index contributed by atoms with van der Waals surface area (Å²) in [5, 5.41) is 2.61. The van der Waals surface area contributed by atoms with Gasteiger partial charge >= 0.3 is 6.09 Å². The molecule has 0 radical (unpaired) electrons. The molecule has 0 aliphatic carbocycles. The molecule has 0 saturated carbocycles. The second-order valence-corrected chi connectivity index (χ2v) is 4.72. The number of nitrogens with zero attached hydrogens (tertiary/aromatic N) is 2. The minimum absolute atomic E-state index is 0.277. The quantitative estimate of drug-likeness (QED) is 0.874. The van der Waals surface area contributed by atoms with E-state index in [0.29, 0.717) is 5.82 Å². The van der Waals surface area contributed by atoms with Crippen LogP contribution in [0, 0.1) is 0 Å². The number of amides is 1. The first-order chi connectivity index (χ1) is 7.90. The van der Waals surface area contributed by atoms with E-state index in [0.717, 1.165) is 12.0 Å². The number of nitrogens with one attached hydrogen (secondary N) is 1. The Kier molecular flexibility index (Phi) is 4.43. The van der Waals surface area contributed by atoms with E-state index in [1.165, 1.54) is 0 Å². The molecule has 1 aromatic heterocycles. The van der Waals surface area contributed by atoms with Crippen molar-refractivity contribution in [2.75, 3.05) is 0 Å². The molecule has 0 unspecified atom stereocenters.